The van der Waals surface area contributed by atoms with E-state index < -0.39 is 0 Å². The Morgan fingerprint density at radius 2 is 1.69 bits per heavy atom. The van der Waals surface area contributed by atoms with Crippen LogP contribution in [0.2, 0.25) is 0 Å². The van der Waals surface area contributed by atoms with Crippen molar-refractivity contribution in [2.75, 3.05) is 6.61 Å². The molecule has 1 rings (SSSR count). The van der Waals surface area contributed by atoms with Gasteiger partial charge in [0.25, 0.3) is 0 Å². The Balaban J connectivity index is 1.83. The number of ether oxygens (including phenoxy) is 1. The Hall–Kier alpha value is -0.530. The molecule has 2 heteroatoms. The first-order valence-electron chi connectivity index (χ1n) is 7.01. The fourth-order valence-electron chi connectivity index (χ4n) is 2.32. The van der Waals surface area contributed by atoms with Crippen molar-refractivity contribution in [3.63, 3.8) is 0 Å². The van der Waals surface area contributed by atoms with Crippen LogP contribution in [0.15, 0.2) is 0 Å². The van der Waals surface area contributed by atoms with Crippen molar-refractivity contribution in [1.82, 2.24) is 0 Å². The van der Waals surface area contributed by atoms with Gasteiger partial charge in [-0.2, -0.15) is 0 Å². The lowest BCUT2D eigenvalue weighted by atomic mass is 9.99. The molecule has 1 heterocycles. The summed E-state index contributed by atoms with van der Waals surface area (Å²) in [5.41, 5.74) is 0. The minimum Gasteiger partial charge on any atom is -0.465 e. The van der Waals surface area contributed by atoms with Crippen molar-refractivity contribution in [3.8, 4) is 0 Å². The van der Waals surface area contributed by atoms with Crippen molar-refractivity contribution in [1.29, 1.82) is 0 Å². The normalized spacial score (nSPS) is 20.1. The van der Waals surface area contributed by atoms with Gasteiger partial charge in [0.15, 0.2) is 0 Å². The molecule has 1 fully saturated rings. The molecule has 16 heavy (non-hydrogen) atoms. The second-order valence-corrected chi connectivity index (χ2v) is 4.92. The molecule has 1 saturated heterocycles. The smallest absolute Gasteiger partial charge is 0.309 e. The van der Waals surface area contributed by atoms with Crippen LogP contribution in [0.4, 0.5) is 0 Å². The van der Waals surface area contributed by atoms with E-state index in [9.17, 15) is 4.79 Å². The van der Waals surface area contributed by atoms with Gasteiger partial charge in [-0.25, -0.2) is 0 Å². The minimum atomic E-state index is 0.0444. The maximum absolute atomic E-state index is 11.2. The number of carbonyl (C=O) groups is 1. The van der Waals surface area contributed by atoms with E-state index in [1.54, 1.807) is 0 Å². The summed E-state index contributed by atoms with van der Waals surface area (Å²) >= 11 is 0. The SMILES string of the molecule is CCCCCCCCCCC1CCOC1=O. The van der Waals surface area contributed by atoms with Gasteiger partial charge < -0.3 is 4.74 Å². The Kier molecular flexibility index (Phi) is 7.28. The maximum Gasteiger partial charge on any atom is 0.309 e. The highest BCUT2D eigenvalue weighted by Crippen LogP contribution is 2.21. The average molecular weight is 226 g/mol. The predicted molar refractivity (Wildman–Crippen MR) is 66.3 cm³/mol. The van der Waals surface area contributed by atoms with Gasteiger partial charge in [-0.05, 0) is 12.8 Å². The zero-order valence-corrected chi connectivity index (χ0v) is 10.7. The zero-order valence-electron chi connectivity index (χ0n) is 10.7. The van der Waals surface area contributed by atoms with Crippen LogP contribution in [0.1, 0.15) is 71.1 Å². The van der Waals surface area contributed by atoms with E-state index in [4.69, 9.17) is 4.74 Å². The van der Waals surface area contributed by atoms with Crippen LogP contribution in [0.5, 0.6) is 0 Å². The Bertz CT molecular complexity index is 189. The maximum atomic E-state index is 11.2. The lowest BCUT2D eigenvalue weighted by Crippen LogP contribution is -2.06. The molecule has 0 N–H and O–H groups in total. The van der Waals surface area contributed by atoms with Gasteiger partial charge in [0.1, 0.15) is 0 Å². The third-order valence-corrected chi connectivity index (χ3v) is 3.45. The fraction of sp³-hybridized carbons (Fsp3) is 0.929. The van der Waals surface area contributed by atoms with E-state index in [1.807, 2.05) is 0 Å². The molecule has 0 bridgehead atoms. The van der Waals surface area contributed by atoms with E-state index in [0.29, 0.717) is 6.61 Å². The first-order chi connectivity index (χ1) is 7.84. The molecule has 2 nitrogen and oxygen atoms in total. The van der Waals surface area contributed by atoms with Crippen LogP contribution < -0.4 is 0 Å². The number of rotatable bonds is 9. The second kappa shape index (κ2) is 8.60. The fourth-order valence-corrected chi connectivity index (χ4v) is 2.32. The van der Waals surface area contributed by atoms with E-state index in [0.717, 1.165) is 12.8 Å². The van der Waals surface area contributed by atoms with Crippen LogP contribution in [0, 0.1) is 5.92 Å². The van der Waals surface area contributed by atoms with Gasteiger partial charge in [0.2, 0.25) is 0 Å². The summed E-state index contributed by atoms with van der Waals surface area (Å²) in [7, 11) is 0. The number of hydrogen-bond acceptors (Lipinski definition) is 2. The topological polar surface area (TPSA) is 26.3 Å². The van der Waals surface area contributed by atoms with Crippen LogP contribution in [-0.4, -0.2) is 12.6 Å². The first kappa shape index (κ1) is 13.5. The van der Waals surface area contributed by atoms with Crippen LogP contribution in [0.3, 0.4) is 0 Å². The molecule has 0 aromatic heterocycles. The Labute approximate surface area is 99.8 Å². The van der Waals surface area contributed by atoms with Gasteiger partial charge in [-0.3, -0.25) is 4.79 Å². The van der Waals surface area contributed by atoms with Gasteiger partial charge >= 0.3 is 5.97 Å². The highest BCUT2D eigenvalue weighted by atomic mass is 16.5. The summed E-state index contributed by atoms with van der Waals surface area (Å²) in [6, 6.07) is 0. The molecule has 94 valence electrons. The molecule has 0 amide bonds. The van der Waals surface area contributed by atoms with Crippen molar-refractivity contribution in [2.45, 2.75) is 71.1 Å². The van der Waals surface area contributed by atoms with E-state index in [2.05, 4.69) is 6.92 Å². The molecule has 0 aromatic carbocycles. The molecular weight excluding hydrogens is 200 g/mol. The number of hydrogen-bond donors (Lipinski definition) is 0. The monoisotopic (exact) mass is 226 g/mol. The van der Waals surface area contributed by atoms with Crippen molar-refractivity contribution < 1.29 is 9.53 Å². The number of unbranched alkanes of at least 4 members (excludes halogenated alkanes) is 7. The lowest BCUT2D eigenvalue weighted by Gasteiger charge is -2.05. The summed E-state index contributed by atoms with van der Waals surface area (Å²) < 4.78 is 4.95. The van der Waals surface area contributed by atoms with E-state index >= 15 is 0 Å². The van der Waals surface area contributed by atoms with E-state index in [-0.39, 0.29) is 11.9 Å². The van der Waals surface area contributed by atoms with Gasteiger partial charge in [0.05, 0.1) is 12.5 Å². The average Bonchev–Trinajstić information content (AvgIpc) is 2.68. The molecule has 0 aliphatic carbocycles. The van der Waals surface area contributed by atoms with Gasteiger partial charge in [-0.1, -0.05) is 58.3 Å². The third kappa shape index (κ3) is 5.53. The summed E-state index contributed by atoms with van der Waals surface area (Å²) in [6.07, 6.45) is 12.7. The lowest BCUT2D eigenvalue weighted by molar-refractivity contribution is -0.141. The molecule has 1 aliphatic heterocycles. The largest absolute Gasteiger partial charge is 0.465 e. The third-order valence-electron chi connectivity index (χ3n) is 3.45. The van der Waals surface area contributed by atoms with Crippen molar-refractivity contribution in [2.24, 2.45) is 5.92 Å². The first-order valence-corrected chi connectivity index (χ1v) is 7.01. The Morgan fingerprint density at radius 1 is 1.06 bits per heavy atom. The molecule has 0 aromatic rings. The van der Waals surface area contributed by atoms with Crippen molar-refractivity contribution >= 4 is 5.97 Å². The number of carbonyl (C=O) groups excluding carboxylic acids is 1. The number of cyclic esters (lactones) is 1. The molecule has 1 aliphatic rings. The Morgan fingerprint density at radius 3 is 2.25 bits per heavy atom. The van der Waals surface area contributed by atoms with Crippen molar-refractivity contribution in [3.05, 3.63) is 0 Å². The molecular formula is C14H26O2. The number of esters is 1. The quantitative estimate of drug-likeness (QED) is 0.437. The highest BCUT2D eigenvalue weighted by molar-refractivity contribution is 5.73. The molecule has 0 radical (unpaired) electrons. The van der Waals surface area contributed by atoms with E-state index in [1.165, 1.54) is 51.4 Å². The minimum absolute atomic E-state index is 0.0444. The zero-order chi connectivity index (χ0) is 11.6. The molecule has 1 atom stereocenters. The van der Waals surface area contributed by atoms with Crippen LogP contribution in [0.25, 0.3) is 0 Å². The molecule has 0 saturated carbocycles. The summed E-state index contributed by atoms with van der Waals surface area (Å²) in [6.45, 7) is 2.90. The van der Waals surface area contributed by atoms with Gasteiger partial charge in [-0.15, -0.1) is 0 Å². The summed E-state index contributed by atoms with van der Waals surface area (Å²) in [5.74, 6) is 0.267. The standard InChI is InChI=1S/C14H26O2/c1-2-3-4-5-6-7-8-9-10-13-11-12-16-14(13)15/h13H,2-12H2,1H3. The highest BCUT2D eigenvalue weighted by Gasteiger charge is 2.25. The molecule has 0 spiro atoms. The van der Waals surface area contributed by atoms with Crippen LogP contribution >= 0.6 is 0 Å². The van der Waals surface area contributed by atoms with Crippen LogP contribution in [-0.2, 0) is 9.53 Å². The van der Waals surface area contributed by atoms with Gasteiger partial charge in [0, 0.05) is 0 Å². The predicted octanol–water partition coefficient (Wildman–Crippen LogP) is 4.08. The summed E-state index contributed by atoms with van der Waals surface area (Å²) in [5, 5.41) is 0. The molecule has 1 unspecified atom stereocenters. The summed E-state index contributed by atoms with van der Waals surface area (Å²) in [4.78, 5) is 11.2. The second-order valence-electron chi connectivity index (χ2n) is 4.92.